The number of likely N-dealkylation sites (tertiary alicyclic amines) is 1. The molecule has 1 aromatic carbocycles. The first kappa shape index (κ1) is 20.8. The summed E-state index contributed by atoms with van der Waals surface area (Å²) in [5.41, 5.74) is -0.113. The van der Waals surface area contributed by atoms with E-state index in [1.54, 1.807) is 0 Å². The van der Waals surface area contributed by atoms with Crippen LogP contribution < -0.4 is 5.49 Å². The average molecular weight is 416 g/mol. The number of hydrogen-bond donors (Lipinski definition) is 2. The molecule has 0 radical (unpaired) electrons. The SMILES string of the molecule is N=C(CC1CC1)n1ccc(CN2CCC(c3ccccc3)CC2)c(C(F)(F)F)c1=N. The van der Waals surface area contributed by atoms with Crippen LogP contribution in [-0.2, 0) is 12.7 Å². The summed E-state index contributed by atoms with van der Waals surface area (Å²) in [4.78, 5) is 2.04. The molecule has 1 aliphatic heterocycles. The van der Waals surface area contributed by atoms with Gasteiger partial charge in [0.2, 0.25) is 0 Å². The van der Waals surface area contributed by atoms with Gasteiger partial charge in [0.05, 0.1) is 0 Å². The smallest absolute Gasteiger partial charge is 0.299 e. The Morgan fingerprint density at radius 1 is 1.00 bits per heavy atom. The molecule has 0 unspecified atom stereocenters. The summed E-state index contributed by atoms with van der Waals surface area (Å²) in [6.07, 6.45) is 1.14. The van der Waals surface area contributed by atoms with Crippen molar-refractivity contribution in [3.05, 3.63) is 64.8 Å². The lowest BCUT2D eigenvalue weighted by molar-refractivity contribution is -0.140. The Morgan fingerprint density at radius 3 is 2.27 bits per heavy atom. The third kappa shape index (κ3) is 4.67. The van der Waals surface area contributed by atoms with Crippen LogP contribution in [0.4, 0.5) is 13.2 Å². The van der Waals surface area contributed by atoms with Crippen molar-refractivity contribution in [1.29, 1.82) is 10.8 Å². The topological polar surface area (TPSA) is 55.9 Å². The molecule has 2 fully saturated rings. The minimum atomic E-state index is -4.61. The van der Waals surface area contributed by atoms with Crippen LogP contribution in [0.5, 0.6) is 0 Å². The molecule has 2 aromatic rings. The van der Waals surface area contributed by atoms with E-state index in [1.807, 2.05) is 23.1 Å². The number of rotatable bonds is 5. The van der Waals surface area contributed by atoms with Crippen molar-refractivity contribution in [1.82, 2.24) is 9.47 Å². The second-order valence-corrected chi connectivity index (χ2v) is 8.49. The third-order valence-corrected chi connectivity index (χ3v) is 6.23. The van der Waals surface area contributed by atoms with Gasteiger partial charge in [0.25, 0.3) is 0 Å². The van der Waals surface area contributed by atoms with Crippen LogP contribution in [0.25, 0.3) is 0 Å². The van der Waals surface area contributed by atoms with Gasteiger partial charge < -0.3 is 0 Å². The molecule has 1 saturated heterocycles. The largest absolute Gasteiger partial charge is 0.420 e. The van der Waals surface area contributed by atoms with Crippen LogP contribution in [0, 0.1) is 16.7 Å². The molecule has 160 valence electrons. The van der Waals surface area contributed by atoms with Gasteiger partial charge >= 0.3 is 6.18 Å². The Hall–Kier alpha value is -2.41. The van der Waals surface area contributed by atoms with E-state index in [1.165, 1.54) is 17.8 Å². The van der Waals surface area contributed by atoms with E-state index >= 15 is 0 Å². The van der Waals surface area contributed by atoms with Crippen LogP contribution in [0.3, 0.4) is 0 Å². The molecular formula is C23H27F3N4. The lowest BCUT2D eigenvalue weighted by atomic mass is 9.89. The first-order chi connectivity index (χ1) is 14.3. The predicted molar refractivity (Wildman–Crippen MR) is 109 cm³/mol. The summed E-state index contributed by atoms with van der Waals surface area (Å²) in [5.74, 6) is 0.893. The van der Waals surface area contributed by atoms with Crippen LogP contribution in [0.2, 0.25) is 0 Å². The molecule has 30 heavy (non-hydrogen) atoms. The molecule has 0 spiro atoms. The van der Waals surface area contributed by atoms with E-state index in [0.29, 0.717) is 18.3 Å². The fraction of sp³-hybridized carbons (Fsp3) is 0.478. The first-order valence-electron chi connectivity index (χ1n) is 10.5. The van der Waals surface area contributed by atoms with Crippen molar-refractivity contribution < 1.29 is 13.2 Å². The standard InChI is InChI=1S/C23H27F3N4/c24-23(25,26)21-19(10-13-30(22(21)28)20(27)14-16-6-7-16)15-29-11-8-18(9-12-29)17-4-2-1-3-5-17/h1-5,10,13,16,18,27-28H,6-9,11-12,14-15H2. The molecule has 0 atom stereocenters. The van der Waals surface area contributed by atoms with Gasteiger partial charge in [-0.2, -0.15) is 13.2 Å². The predicted octanol–water partition coefficient (Wildman–Crippen LogP) is 4.99. The Balaban J connectivity index is 1.50. The second kappa shape index (κ2) is 8.38. The summed E-state index contributed by atoms with van der Waals surface area (Å²) in [6.45, 7) is 1.65. The molecule has 2 N–H and O–H groups in total. The first-order valence-corrected chi connectivity index (χ1v) is 10.5. The monoisotopic (exact) mass is 416 g/mol. The van der Waals surface area contributed by atoms with Crippen LogP contribution >= 0.6 is 0 Å². The highest BCUT2D eigenvalue weighted by atomic mass is 19.4. The molecular weight excluding hydrogens is 389 g/mol. The molecule has 0 amide bonds. The normalized spacial score (nSPS) is 18.5. The van der Waals surface area contributed by atoms with Gasteiger partial charge in [0, 0.05) is 19.2 Å². The summed E-state index contributed by atoms with van der Waals surface area (Å²) in [5, 5.41) is 16.3. The lowest BCUT2D eigenvalue weighted by Crippen LogP contribution is -2.37. The maximum Gasteiger partial charge on any atom is 0.420 e. The Bertz CT molecular complexity index is 953. The quantitative estimate of drug-likeness (QED) is 0.524. The molecule has 4 nitrogen and oxygen atoms in total. The van der Waals surface area contributed by atoms with Crippen molar-refractivity contribution in [2.45, 2.75) is 50.7 Å². The Kier molecular flexibility index (Phi) is 5.82. The highest BCUT2D eigenvalue weighted by Gasteiger charge is 2.37. The van der Waals surface area contributed by atoms with E-state index in [0.717, 1.165) is 43.3 Å². The van der Waals surface area contributed by atoms with Crippen LogP contribution in [0.1, 0.15) is 54.7 Å². The fourth-order valence-electron chi connectivity index (χ4n) is 4.35. The highest BCUT2D eigenvalue weighted by molar-refractivity contribution is 5.81. The van der Waals surface area contributed by atoms with Gasteiger partial charge in [-0.3, -0.25) is 20.3 Å². The zero-order valence-corrected chi connectivity index (χ0v) is 16.9. The number of benzene rings is 1. The minimum Gasteiger partial charge on any atom is -0.299 e. The zero-order chi connectivity index (χ0) is 21.3. The van der Waals surface area contributed by atoms with Gasteiger partial charge in [-0.15, -0.1) is 0 Å². The van der Waals surface area contributed by atoms with Gasteiger partial charge in [-0.1, -0.05) is 30.3 Å². The maximum absolute atomic E-state index is 13.8. The molecule has 0 bridgehead atoms. The van der Waals surface area contributed by atoms with Crippen molar-refractivity contribution in [3.8, 4) is 0 Å². The van der Waals surface area contributed by atoms with Crippen molar-refractivity contribution >= 4 is 5.84 Å². The van der Waals surface area contributed by atoms with Gasteiger partial charge in [0.15, 0.2) is 0 Å². The molecule has 2 aliphatic rings. The number of hydrogen-bond acceptors (Lipinski definition) is 3. The number of pyridine rings is 1. The Labute approximate surface area is 174 Å². The number of aromatic nitrogens is 1. The van der Waals surface area contributed by atoms with Gasteiger partial charge in [-0.05, 0) is 67.8 Å². The number of halogens is 3. The van der Waals surface area contributed by atoms with Crippen molar-refractivity contribution in [3.63, 3.8) is 0 Å². The highest BCUT2D eigenvalue weighted by Crippen LogP contribution is 2.34. The van der Waals surface area contributed by atoms with E-state index in [-0.39, 0.29) is 17.9 Å². The second-order valence-electron chi connectivity index (χ2n) is 8.49. The molecule has 1 aromatic heterocycles. The van der Waals surface area contributed by atoms with Gasteiger partial charge in [-0.25, -0.2) is 0 Å². The molecule has 2 heterocycles. The van der Waals surface area contributed by atoms with E-state index in [4.69, 9.17) is 10.8 Å². The molecule has 1 saturated carbocycles. The molecule has 4 rings (SSSR count). The van der Waals surface area contributed by atoms with Crippen molar-refractivity contribution in [2.75, 3.05) is 13.1 Å². The summed E-state index contributed by atoms with van der Waals surface area (Å²) in [6, 6.07) is 11.7. The lowest BCUT2D eigenvalue weighted by Gasteiger charge is -2.33. The number of nitrogens with zero attached hydrogens (tertiary/aromatic N) is 2. The number of alkyl halides is 3. The maximum atomic E-state index is 13.8. The van der Waals surface area contributed by atoms with Crippen LogP contribution in [-0.4, -0.2) is 28.4 Å². The Morgan fingerprint density at radius 2 is 1.67 bits per heavy atom. The number of piperidine rings is 1. The third-order valence-electron chi connectivity index (χ3n) is 6.23. The van der Waals surface area contributed by atoms with Gasteiger partial charge in [0.1, 0.15) is 16.9 Å². The summed E-state index contributed by atoms with van der Waals surface area (Å²) in [7, 11) is 0. The molecule has 7 heteroatoms. The summed E-state index contributed by atoms with van der Waals surface area (Å²) >= 11 is 0. The van der Waals surface area contributed by atoms with E-state index in [9.17, 15) is 13.2 Å². The van der Waals surface area contributed by atoms with E-state index < -0.39 is 17.2 Å². The van der Waals surface area contributed by atoms with Crippen molar-refractivity contribution in [2.24, 2.45) is 5.92 Å². The minimum absolute atomic E-state index is 0.0724. The number of nitrogens with one attached hydrogen (secondary N) is 2. The zero-order valence-electron chi connectivity index (χ0n) is 16.9. The average Bonchev–Trinajstić information content (AvgIpc) is 3.52. The fourth-order valence-corrected chi connectivity index (χ4v) is 4.35. The summed E-state index contributed by atoms with van der Waals surface area (Å²) < 4.78 is 42.6. The van der Waals surface area contributed by atoms with Crippen LogP contribution in [0.15, 0.2) is 42.6 Å². The van der Waals surface area contributed by atoms with E-state index in [2.05, 4.69) is 12.1 Å². The molecule has 1 aliphatic carbocycles.